The summed E-state index contributed by atoms with van der Waals surface area (Å²) in [4.78, 5) is 2.44. The van der Waals surface area contributed by atoms with Crippen LogP contribution in [0.4, 0.5) is 0 Å². The number of rotatable bonds is 1. The third kappa shape index (κ3) is 3.15. The van der Waals surface area contributed by atoms with Crippen molar-refractivity contribution < 1.29 is 0 Å². The van der Waals surface area contributed by atoms with Crippen LogP contribution in [0.1, 0.15) is 53.1 Å². The number of allylic oxidation sites excluding steroid dienone is 2. The third-order valence-corrected chi connectivity index (χ3v) is 3.83. The highest BCUT2D eigenvalue weighted by Crippen LogP contribution is 2.38. The highest BCUT2D eigenvalue weighted by atomic mass is 15.2. The zero-order valence-corrected chi connectivity index (χ0v) is 13.6. The van der Waals surface area contributed by atoms with Gasteiger partial charge in [0.15, 0.2) is 0 Å². The molecule has 20 heavy (non-hydrogen) atoms. The molecule has 1 aromatic rings. The van der Waals surface area contributed by atoms with Crippen LogP contribution in [-0.4, -0.2) is 10.4 Å². The molecule has 1 heterocycles. The van der Waals surface area contributed by atoms with Crippen molar-refractivity contribution in [2.45, 2.75) is 53.1 Å². The molecule has 1 aliphatic rings. The minimum Gasteiger partial charge on any atom is -0.362 e. The Labute approximate surface area is 124 Å². The van der Waals surface area contributed by atoms with E-state index in [1.807, 2.05) is 0 Å². The molecule has 108 valence electrons. The van der Waals surface area contributed by atoms with Gasteiger partial charge in [0.2, 0.25) is 0 Å². The van der Waals surface area contributed by atoms with E-state index in [-0.39, 0.29) is 11.0 Å². The zero-order valence-electron chi connectivity index (χ0n) is 13.6. The highest BCUT2D eigenvalue weighted by molar-refractivity contribution is 5.36. The van der Waals surface area contributed by atoms with Gasteiger partial charge in [-0.25, -0.2) is 0 Å². The summed E-state index contributed by atoms with van der Waals surface area (Å²) < 4.78 is 0. The summed E-state index contributed by atoms with van der Waals surface area (Å²) in [7, 11) is 0. The Morgan fingerprint density at radius 2 is 1.50 bits per heavy atom. The van der Waals surface area contributed by atoms with Gasteiger partial charge < -0.3 is 4.90 Å². The summed E-state index contributed by atoms with van der Waals surface area (Å²) in [6, 6.07) is 11.1. The van der Waals surface area contributed by atoms with Crippen molar-refractivity contribution in [1.29, 1.82) is 0 Å². The molecule has 0 amide bonds. The van der Waals surface area contributed by atoms with Gasteiger partial charge in [-0.3, -0.25) is 0 Å². The topological polar surface area (TPSA) is 3.24 Å². The van der Waals surface area contributed by atoms with Gasteiger partial charge >= 0.3 is 0 Å². The lowest BCUT2D eigenvalue weighted by Crippen LogP contribution is -2.41. The van der Waals surface area contributed by atoms with Crippen molar-refractivity contribution in [3.05, 3.63) is 59.8 Å². The summed E-state index contributed by atoms with van der Waals surface area (Å²) in [5.74, 6) is 0. The Bertz CT molecular complexity index is 509. The van der Waals surface area contributed by atoms with Crippen LogP contribution in [0.5, 0.6) is 0 Å². The molecule has 0 radical (unpaired) electrons. The van der Waals surface area contributed by atoms with Crippen LogP contribution in [0.3, 0.4) is 0 Å². The van der Waals surface area contributed by atoms with E-state index in [2.05, 4.69) is 95.1 Å². The fourth-order valence-corrected chi connectivity index (χ4v) is 2.61. The molecule has 0 bridgehead atoms. The van der Waals surface area contributed by atoms with Gasteiger partial charge in [-0.15, -0.1) is 0 Å². The lowest BCUT2D eigenvalue weighted by molar-refractivity contribution is 0.166. The van der Waals surface area contributed by atoms with Crippen molar-refractivity contribution in [2.75, 3.05) is 0 Å². The summed E-state index contributed by atoms with van der Waals surface area (Å²) in [5.41, 5.74) is 3.06. The molecular formula is C19H27N. The van der Waals surface area contributed by atoms with E-state index in [1.54, 1.807) is 0 Å². The Balaban J connectivity index is 2.45. The number of hydrogen-bond donors (Lipinski definition) is 0. The molecule has 1 atom stereocenters. The molecule has 0 saturated heterocycles. The molecular weight excluding hydrogens is 242 g/mol. The predicted octanol–water partition coefficient (Wildman–Crippen LogP) is 5.33. The van der Waals surface area contributed by atoms with E-state index in [0.29, 0.717) is 6.04 Å². The maximum Gasteiger partial charge on any atom is 0.0732 e. The Hall–Kier alpha value is -1.50. The zero-order chi connectivity index (χ0) is 15.0. The van der Waals surface area contributed by atoms with E-state index in [4.69, 9.17) is 0 Å². The molecule has 0 aromatic heterocycles. The van der Waals surface area contributed by atoms with Crippen LogP contribution < -0.4 is 0 Å². The van der Waals surface area contributed by atoms with Gasteiger partial charge in [0.25, 0.3) is 0 Å². The second-order valence-corrected chi connectivity index (χ2v) is 7.62. The first-order valence-corrected chi connectivity index (χ1v) is 7.43. The summed E-state index contributed by atoms with van der Waals surface area (Å²) in [6.07, 6.45) is 6.95. The van der Waals surface area contributed by atoms with Crippen molar-refractivity contribution in [2.24, 2.45) is 5.41 Å². The summed E-state index contributed by atoms with van der Waals surface area (Å²) >= 11 is 0. The molecule has 0 aliphatic carbocycles. The van der Waals surface area contributed by atoms with Gasteiger partial charge in [0, 0.05) is 11.7 Å². The van der Waals surface area contributed by atoms with Gasteiger partial charge in [-0.05, 0) is 43.4 Å². The quantitative estimate of drug-likeness (QED) is 0.666. The molecule has 0 spiro atoms. The molecule has 2 rings (SSSR count). The monoisotopic (exact) mass is 269 g/mol. The molecule has 0 N–H and O–H groups in total. The Kier molecular flexibility index (Phi) is 3.82. The van der Waals surface area contributed by atoms with Crippen molar-refractivity contribution in [1.82, 2.24) is 4.90 Å². The number of nitrogens with zero attached hydrogens (tertiary/aromatic N) is 1. The fraction of sp³-hybridized carbons (Fsp3) is 0.474. The lowest BCUT2D eigenvalue weighted by atomic mass is 9.82. The van der Waals surface area contributed by atoms with E-state index >= 15 is 0 Å². The normalized spacial score (nSPS) is 20.0. The van der Waals surface area contributed by atoms with Crippen LogP contribution in [0.2, 0.25) is 0 Å². The highest BCUT2D eigenvalue weighted by Gasteiger charge is 2.30. The number of hydrogen-bond acceptors (Lipinski definition) is 1. The standard InChI is InChI=1S/C19H27N/c1-18(2,3)16-12-13-20(19(4,5)6)17(14-16)15-10-8-7-9-11-15/h7-14,17H,1-6H3. The first-order valence-electron chi connectivity index (χ1n) is 7.43. The minimum atomic E-state index is 0.108. The molecule has 1 nitrogen and oxygen atoms in total. The first-order chi connectivity index (χ1) is 9.19. The lowest BCUT2D eigenvalue weighted by Gasteiger charge is -2.43. The molecule has 1 unspecified atom stereocenters. The van der Waals surface area contributed by atoms with Crippen LogP contribution in [0.15, 0.2) is 54.3 Å². The maximum absolute atomic E-state index is 2.44. The summed E-state index contributed by atoms with van der Waals surface area (Å²) in [5, 5.41) is 0. The fourth-order valence-electron chi connectivity index (χ4n) is 2.61. The first kappa shape index (κ1) is 14.9. The van der Waals surface area contributed by atoms with Gasteiger partial charge in [-0.2, -0.15) is 0 Å². The van der Waals surface area contributed by atoms with Gasteiger partial charge in [-0.1, -0.05) is 57.2 Å². The minimum absolute atomic E-state index is 0.108. The van der Waals surface area contributed by atoms with E-state index in [9.17, 15) is 0 Å². The Morgan fingerprint density at radius 1 is 0.900 bits per heavy atom. The third-order valence-electron chi connectivity index (χ3n) is 3.83. The van der Waals surface area contributed by atoms with E-state index < -0.39 is 0 Å². The molecule has 1 heteroatoms. The largest absolute Gasteiger partial charge is 0.362 e. The van der Waals surface area contributed by atoms with E-state index in [0.717, 1.165) is 0 Å². The number of benzene rings is 1. The molecule has 1 aromatic carbocycles. The average Bonchev–Trinajstić information content (AvgIpc) is 2.37. The van der Waals surface area contributed by atoms with Crippen LogP contribution >= 0.6 is 0 Å². The van der Waals surface area contributed by atoms with Gasteiger partial charge in [0.05, 0.1) is 6.04 Å². The average molecular weight is 269 g/mol. The molecule has 1 aliphatic heterocycles. The van der Waals surface area contributed by atoms with Crippen molar-refractivity contribution >= 4 is 0 Å². The van der Waals surface area contributed by atoms with Crippen LogP contribution in [-0.2, 0) is 0 Å². The van der Waals surface area contributed by atoms with Crippen molar-refractivity contribution in [3.63, 3.8) is 0 Å². The predicted molar refractivity (Wildman–Crippen MR) is 87.5 cm³/mol. The maximum atomic E-state index is 2.44. The molecule has 0 saturated carbocycles. The van der Waals surface area contributed by atoms with Crippen molar-refractivity contribution in [3.8, 4) is 0 Å². The van der Waals surface area contributed by atoms with Gasteiger partial charge in [0.1, 0.15) is 0 Å². The van der Waals surface area contributed by atoms with E-state index in [1.165, 1.54) is 11.1 Å². The van der Waals surface area contributed by atoms with Crippen LogP contribution in [0.25, 0.3) is 0 Å². The SMILES string of the molecule is CC(C)(C)C1=CC(c2ccccc2)N(C(C)(C)C)C=C1. The second-order valence-electron chi connectivity index (χ2n) is 7.62. The molecule has 0 fully saturated rings. The second kappa shape index (κ2) is 5.12. The Morgan fingerprint density at radius 3 is 2.00 bits per heavy atom. The van der Waals surface area contributed by atoms with Crippen LogP contribution in [0, 0.1) is 5.41 Å². The summed E-state index contributed by atoms with van der Waals surface area (Å²) in [6.45, 7) is 13.6. The smallest absolute Gasteiger partial charge is 0.0732 e.